The molecule has 0 aromatic carbocycles. The topological polar surface area (TPSA) is 49.7 Å². The van der Waals surface area contributed by atoms with Crippen LogP contribution in [0.5, 0.6) is 0 Å². The number of aliphatic hydroxyl groups is 1. The van der Waals surface area contributed by atoms with Crippen LogP contribution >= 0.6 is 23.1 Å². The van der Waals surface area contributed by atoms with Crippen molar-refractivity contribution in [3.63, 3.8) is 0 Å². The predicted molar refractivity (Wildman–Crippen MR) is 79.9 cm³/mol. The summed E-state index contributed by atoms with van der Waals surface area (Å²) in [5.41, 5.74) is 2.17. The molecule has 0 atom stereocenters. The molecule has 1 heterocycles. The van der Waals surface area contributed by atoms with Crippen molar-refractivity contribution in [3.8, 4) is 0 Å². The maximum absolute atomic E-state index is 8.81. The number of hydrogen-bond donors (Lipinski definition) is 1. The summed E-state index contributed by atoms with van der Waals surface area (Å²) in [4.78, 5) is 14.0. The van der Waals surface area contributed by atoms with Gasteiger partial charge in [0, 0.05) is 23.0 Å². The fourth-order valence-electron chi connectivity index (χ4n) is 0.902. The van der Waals surface area contributed by atoms with Crippen molar-refractivity contribution in [1.82, 2.24) is 0 Å². The smallest absolute Gasteiger partial charge is 0.116 e. The lowest BCUT2D eigenvalue weighted by atomic mass is 10.2. The van der Waals surface area contributed by atoms with Crippen LogP contribution in [-0.4, -0.2) is 31.5 Å². The van der Waals surface area contributed by atoms with Gasteiger partial charge in [0.1, 0.15) is 6.29 Å². The fourth-order valence-corrected chi connectivity index (χ4v) is 1.92. The van der Waals surface area contributed by atoms with E-state index in [1.54, 1.807) is 23.1 Å². The van der Waals surface area contributed by atoms with Crippen LogP contribution in [0.1, 0.15) is 19.4 Å². The third kappa shape index (κ3) is 7.90. The zero-order chi connectivity index (χ0) is 13.7. The Morgan fingerprint density at radius 1 is 1.59 bits per heavy atom. The SMILES string of the molecule is C=N/C(=C(/C)SC)c1ccsc1.CC=O.CO. The van der Waals surface area contributed by atoms with E-state index < -0.39 is 0 Å². The molecule has 5 heteroatoms. The van der Waals surface area contributed by atoms with Crippen LogP contribution in [0.15, 0.2) is 26.7 Å². The first kappa shape index (κ1) is 18.5. The van der Waals surface area contributed by atoms with E-state index in [1.807, 2.05) is 11.6 Å². The van der Waals surface area contributed by atoms with E-state index in [1.165, 1.54) is 17.4 Å². The van der Waals surface area contributed by atoms with Crippen LogP contribution in [0.25, 0.3) is 5.70 Å². The van der Waals surface area contributed by atoms with Crippen molar-refractivity contribution in [2.24, 2.45) is 4.99 Å². The van der Waals surface area contributed by atoms with Crippen LogP contribution in [0.4, 0.5) is 0 Å². The lowest BCUT2D eigenvalue weighted by Gasteiger charge is -2.01. The minimum absolute atomic E-state index is 0.750. The Bertz CT molecular complexity index is 332. The molecular weight excluding hydrogens is 254 g/mol. The molecule has 0 aliphatic rings. The summed E-state index contributed by atoms with van der Waals surface area (Å²) < 4.78 is 0. The molecule has 3 nitrogen and oxygen atoms in total. The van der Waals surface area contributed by atoms with Crippen LogP contribution in [-0.2, 0) is 4.79 Å². The first-order chi connectivity index (χ1) is 8.21. The van der Waals surface area contributed by atoms with E-state index >= 15 is 0 Å². The molecule has 17 heavy (non-hydrogen) atoms. The van der Waals surface area contributed by atoms with Crippen LogP contribution in [0.3, 0.4) is 0 Å². The highest BCUT2D eigenvalue weighted by Gasteiger charge is 2.02. The molecule has 1 aromatic rings. The molecule has 1 N–H and O–H groups in total. The summed E-state index contributed by atoms with van der Waals surface area (Å²) in [6.45, 7) is 7.08. The molecule has 0 saturated heterocycles. The summed E-state index contributed by atoms with van der Waals surface area (Å²) in [6, 6.07) is 2.06. The van der Waals surface area contributed by atoms with Gasteiger partial charge in [-0.25, -0.2) is 0 Å². The Morgan fingerprint density at radius 2 is 2.12 bits per heavy atom. The van der Waals surface area contributed by atoms with Gasteiger partial charge in [-0.3, -0.25) is 4.99 Å². The number of thioether (sulfide) groups is 1. The average Bonchev–Trinajstić information content (AvgIpc) is 2.87. The number of nitrogens with zero attached hydrogens (tertiary/aromatic N) is 1. The summed E-state index contributed by atoms with van der Waals surface area (Å²) >= 11 is 3.39. The molecule has 0 radical (unpaired) electrons. The number of carbonyl (C=O) groups is 1. The number of rotatable bonds is 3. The van der Waals surface area contributed by atoms with E-state index in [4.69, 9.17) is 9.90 Å². The van der Waals surface area contributed by atoms with E-state index in [2.05, 4.69) is 30.1 Å². The monoisotopic (exact) mass is 273 g/mol. The first-order valence-electron chi connectivity index (χ1n) is 4.79. The third-order valence-corrected chi connectivity index (χ3v) is 3.08. The average molecular weight is 273 g/mol. The van der Waals surface area contributed by atoms with Crippen molar-refractivity contribution < 1.29 is 9.90 Å². The van der Waals surface area contributed by atoms with Gasteiger partial charge in [0.05, 0.1) is 5.70 Å². The second-order valence-corrected chi connectivity index (χ2v) is 4.32. The normalized spacial score (nSPS) is 9.94. The highest BCUT2D eigenvalue weighted by molar-refractivity contribution is 8.02. The van der Waals surface area contributed by atoms with Gasteiger partial charge in [-0.15, -0.1) is 11.8 Å². The molecule has 1 rings (SSSR count). The Labute approximate surface area is 111 Å². The number of aliphatic hydroxyl groups excluding tert-OH is 1. The second-order valence-electron chi connectivity index (χ2n) is 2.51. The zero-order valence-corrected chi connectivity index (χ0v) is 12.3. The maximum Gasteiger partial charge on any atom is 0.116 e. The number of aliphatic imine (C=N–C) groups is 1. The van der Waals surface area contributed by atoms with Crippen molar-refractivity contribution in [2.45, 2.75) is 13.8 Å². The zero-order valence-electron chi connectivity index (χ0n) is 10.6. The Balaban J connectivity index is 0. The van der Waals surface area contributed by atoms with E-state index in [-0.39, 0.29) is 0 Å². The Hall–Kier alpha value is -0.910. The first-order valence-corrected chi connectivity index (χ1v) is 6.96. The van der Waals surface area contributed by atoms with Crippen molar-refractivity contribution in [3.05, 3.63) is 27.3 Å². The van der Waals surface area contributed by atoms with E-state index in [9.17, 15) is 0 Å². The van der Waals surface area contributed by atoms with Gasteiger partial charge in [0.25, 0.3) is 0 Å². The summed E-state index contributed by atoms with van der Waals surface area (Å²) in [6.07, 6.45) is 2.80. The minimum Gasteiger partial charge on any atom is -0.400 e. The molecule has 0 saturated carbocycles. The Morgan fingerprint density at radius 3 is 2.41 bits per heavy atom. The second kappa shape index (κ2) is 13.2. The molecule has 0 aliphatic carbocycles. The summed E-state index contributed by atoms with van der Waals surface area (Å²) in [7, 11) is 1.00. The fraction of sp³-hybridized carbons (Fsp3) is 0.333. The third-order valence-electron chi connectivity index (χ3n) is 1.59. The molecule has 96 valence electrons. The van der Waals surface area contributed by atoms with Crippen LogP contribution < -0.4 is 0 Å². The number of thiophene rings is 1. The minimum atomic E-state index is 0.750. The van der Waals surface area contributed by atoms with Crippen molar-refractivity contribution in [1.29, 1.82) is 0 Å². The molecule has 0 amide bonds. The molecule has 0 unspecified atom stereocenters. The lowest BCUT2D eigenvalue weighted by molar-refractivity contribution is -0.106. The number of carbonyl (C=O) groups excluding carboxylic acids is 1. The highest BCUT2D eigenvalue weighted by Crippen LogP contribution is 2.26. The summed E-state index contributed by atoms with van der Waals surface area (Å²) in [5.74, 6) is 0. The standard InChI is InChI=1S/C9H11NS2.C2H4O.CH4O/c1-7(11-3)9(10-2)8-4-5-12-6-8;1-2-3;1-2/h4-6H,2H2,1,3H3;2H,1H3;2H,1H3/b9-7-;;. The quantitative estimate of drug-likeness (QED) is 0.679. The molecule has 0 fully saturated rings. The number of aldehydes is 1. The lowest BCUT2D eigenvalue weighted by Crippen LogP contribution is -1.79. The maximum atomic E-state index is 8.81. The van der Waals surface area contributed by atoms with E-state index in [0.29, 0.717) is 0 Å². The van der Waals surface area contributed by atoms with Crippen LogP contribution in [0, 0.1) is 0 Å². The van der Waals surface area contributed by atoms with Gasteiger partial charge in [-0.1, -0.05) is 0 Å². The molecule has 0 aliphatic heterocycles. The van der Waals surface area contributed by atoms with Gasteiger partial charge in [-0.2, -0.15) is 11.3 Å². The molecule has 0 bridgehead atoms. The van der Waals surface area contributed by atoms with Crippen LogP contribution in [0.2, 0.25) is 0 Å². The molecular formula is C12H19NO2S2. The molecule has 1 aromatic heterocycles. The molecule has 0 spiro atoms. The highest BCUT2D eigenvalue weighted by atomic mass is 32.2. The predicted octanol–water partition coefficient (Wildman–Crippen LogP) is 3.31. The summed E-state index contributed by atoms with van der Waals surface area (Å²) in [5, 5.41) is 11.1. The van der Waals surface area contributed by atoms with Gasteiger partial charge < -0.3 is 9.90 Å². The van der Waals surface area contributed by atoms with Crippen molar-refractivity contribution in [2.75, 3.05) is 13.4 Å². The van der Waals surface area contributed by atoms with Crippen molar-refractivity contribution >= 4 is 41.8 Å². The van der Waals surface area contributed by atoms with Gasteiger partial charge in [-0.05, 0) is 38.3 Å². The number of hydrogen-bond acceptors (Lipinski definition) is 5. The largest absolute Gasteiger partial charge is 0.400 e. The van der Waals surface area contributed by atoms with E-state index in [0.717, 1.165) is 19.1 Å². The van der Waals surface area contributed by atoms with Gasteiger partial charge >= 0.3 is 0 Å². The Kier molecular flexibility index (Phi) is 14.3. The van der Waals surface area contributed by atoms with Gasteiger partial charge in [0.2, 0.25) is 0 Å². The number of allylic oxidation sites excluding steroid dienone is 1. The van der Waals surface area contributed by atoms with Gasteiger partial charge in [0.15, 0.2) is 0 Å².